The fourth-order valence-corrected chi connectivity index (χ4v) is 4.04. The highest BCUT2D eigenvalue weighted by Crippen LogP contribution is 2.23. The second-order valence-electron chi connectivity index (χ2n) is 5.96. The molecule has 1 saturated heterocycles. The van der Waals surface area contributed by atoms with Gasteiger partial charge in [-0.25, -0.2) is 4.79 Å². The van der Waals surface area contributed by atoms with Crippen molar-refractivity contribution in [2.24, 2.45) is 0 Å². The number of oxazole rings is 1. The molecule has 0 bridgehead atoms. The van der Waals surface area contributed by atoms with Crippen LogP contribution in [-0.4, -0.2) is 51.4 Å². The second-order valence-corrected chi connectivity index (χ2v) is 7.02. The number of hydrogen-bond acceptors (Lipinski definition) is 7. The minimum atomic E-state index is -0.322. The van der Waals surface area contributed by atoms with Crippen LogP contribution in [0.4, 0.5) is 5.95 Å². The molecule has 1 fully saturated rings. The molecule has 26 heavy (non-hydrogen) atoms. The van der Waals surface area contributed by atoms with E-state index in [-0.39, 0.29) is 5.76 Å². The molecule has 0 saturated carbocycles. The summed E-state index contributed by atoms with van der Waals surface area (Å²) < 4.78 is 14.5. The van der Waals surface area contributed by atoms with E-state index in [0.29, 0.717) is 17.9 Å². The maximum atomic E-state index is 12.1. The summed E-state index contributed by atoms with van der Waals surface area (Å²) in [6, 6.07) is 7.48. The van der Waals surface area contributed by atoms with Crippen molar-refractivity contribution in [3.63, 3.8) is 0 Å². The van der Waals surface area contributed by atoms with Crippen LogP contribution in [0.25, 0.3) is 11.1 Å². The number of fused-ring (bicyclic) bond motifs is 1. The minimum absolute atomic E-state index is 0.322. The molecule has 3 heterocycles. The Morgan fingerprint density at radius 2 is 1.96 bits per heavy atom. The summed E-state index contributed by atoms with van der Waals surface area (Å²) in [5.41, 5.74) is 1.44. The average molecular weight is 375 g/mol. The lowest BCUT2D eigenvalue weighted by atomic mass is 10.3. The second kappa shape index (κ2) is 7.55. The van der Waals surface area contributed by atoms with Gasteiger partial charge >= 0.3 is 5.76 Å². The van der Waals surface area contributed by atoms with Crippen molar-refractivity contribution in [2.75, 3.05) is 37.0 Å². The number of morpholine rings is 1. The Morgan fingerprint density at radius 3 is 2.77 bits per heavy atom. The number of aryl methyl sites for hydroxylation is 1. The number of para-hydroxylation sites is 2. The average Bonchev–Trinajstić information content (AvgIpc) is 3.23. The number of thioether (sulfide) groups is 1. The van der Waals surface area contributed by atoms with E-state index in [1.54, 1.807) is 16.3 Å². The highest BCUT2D eigenvalue weighted by atomic mass is 32.2. The third kappa shape index (κ3) is 3.24. The number of aromatic nitrogens is 4. The van der Waals surface area contributed by atoms with Crippen LogP contribution >= 0.6 is 11.8 Å². The van der Waals surface area contributed by atoms with Crippen molar-refractivity contribution in [1.29, 1.82) is 0 Å². The molecular formula is C17H21N5O3S. The first-order valence-corrected chi connectivity index (χ1v) is 9.73. The van der Waals surface area contributed by atoms with Gasteiger partial charge in [0.15, 0.2) is 10.7 Å². The molecule has 0 N–H and O–H groups in total. The summed E-state index contributed by atoms with van der Waals surface area (Å²) in [5, 5.41) is 9.59. The SMILES string of the molecule is CCn1c(SCCn2c(=O)oc3ccccc32)nnc1N1CCOCC1. The summed E-state index contributed by atoms with van der Waals surface area (Å²) in [7, 11) is 0. The van der Waals surface area contributed by atoms with Gasteiger partial charge in [0.25, 0.3) is 0 Å². The molecule has 2 aromatic heterocycles. The number of benzene rings is 1. The van der Waals surface area contributed by atoms with Crippen molar-refractivity contribution in [3.8, 4) is 0 Å². The highest BCUT2D eigenvalue weighted by molar-refractivity contribution is 7.99. The summed E-state index contributed by atoms with van der Waals surface area (Å²) in [5.74, 6) is 1.28. The third-order valence-electron chi connectivity index (χ3n) is 4.43. The molecule has 8 nitrogen and oxygen atoms in total. The topological polar surface area (TPSA) is 78.3 Å². The Morgan fingerprint density at radius 1 is 1.15 bits per heavy atom. The smallest absolute Gasteiger partial charge is 0.408 e. The van der Waals surface area contributed by atoms with Crippen LogP contribution < -0.4 is 10.7 Å². The Bertz CT molecular complexity index is 941. The summed E-state index contributed by atoms with van der Waals surface area (Å²) in [6.45, 7) is 6.55. The van der Waals surface area contributed by atoms with Crippen LogP contribution in [0, 0.1) is 0 Å². The standard InChI is InChI=1S/C17H21N5O3S/c1-2-21-15(20-7-10-24-11-8-20)18-19-16(21)26-12-9-22-13-5-3-4-6-14(13)25-17(22)23/h3-6H,2,7-12H2,1H3. The monoisotopic (exact) mass is 375 g/mol. The predicted molar refractivity (Wildman–Crippen MR) is 99.9 cm³/mol. The van der Waals surface area contributed by atoms with Gasteiger partial charge in [-0.3, -0.25) is 9.13 Å². The van der Waals surface area contributed by atoms with E-state index in [9.17, 15) is 4.79 Å². The first-order chi connectivity index (χ1) is 12.8. The van der Waals surface area contributed by atoms with Gasteiger partial charge in [0.2, 0.25) is 5.95 Å². The predicted octanol–water partition coefficient (Wildman–Crippen LogP) is 1.83. The number of hydrogen-bond donors (Lipinski definition) is 0. The van der Waals surface area contributed by atoms with Gasteiger partial charge in [-0.2, -0.15) is 0 Å². The van der Waals surface area contributed by atoms with Crippen molar-refractivity contribution in [3.05, 3.63) is 34.8 Å². The van der Waals surface area contributed by atoms with Gasteiger partial charge in [-0.15, -0.1) is 10.2 Å². The van der Waals surface area contributed by atoms with Crippen LogP contribution in [0.2, 0.25) is 0 Å². The van der Waals surface area contributed by atoms with Crippen LogP contribution in [0.15, 0.2) is 38.6 Å². The molecule has 138 valence electrons. The van der Waals surface area contributed by atoms with E-state index in [1.807, 2.05) is 24.3 Å². The zero-order valence-corrected chi connectivity index (χ0v) is 15.4. The van der Waals surface area contributed by atoms with Crippen molar-refractivity contribution >= 4 is 28.8 Å². The maximum absolute atomic E-state index is 12.1. The van der Waals surface area contributed by atoms with Gasteiger partial charge in [-0.1, -0.05) is 23.9 Å². The molecule has 4 rings (SSSR count). The molecule has 0 atom stereocenters. The maximum Gasteiger partial charge on any atom is 0.419 e. The zero-order chi connectivity index (χ0) is 17.9. The van der Waals surface area contributed by atoms with E-state index in [2.05, 4.69) is 26.6 Å². The number of ether oxygens (including phenoxy) is 1. The molecule has 0 radical (unpaired) electrons. The normalized spacial score (nSPS) is 15.0. The lowest BCUT2D eigenvalue weighted by Gasteiger charge is -2.27. The van der Waals surface area contributed by atoms with E-state index in [4.69, 9.17) is 9.15 Å². The Kier molecular flexibility index (Phi) is 4.98. The number of anilines is 1. The first kappa shape index (κ1) is 17.2. The lowest BCUT2D eigenvalue weighted by Crippen LogP contribution is -2.38. The fourth-order valence-electron chi connectivity index (χ4n) is 3.12. The Hall–Kier alpha value is -2.26. The fraction of sp³-hybridized carbons (Fsp3) is 0.471. The third-order valence-corrected chi connectivity index (χ3v) is 5.37. The van der Waals surface area contributed by atoms with E-state index in [0.717, 1.165) is 49.5 Å². The van der Waals surface area contributed by atoms with Gasteiger partial charge in [0, 0.05) is 31.9 Å². The van der Waals surface area contributed by atoms with Crippen molar-refractivity contribution < 1.29 is 9.15 Å². The highest BCUT2D eigenvalue weighted by Gasteiger charge is 2.19. The molecule has 3 aromatic rings. The largest absolute Gasteiger partial charge is 0.419 e. The summed E-state index contributed by atoms with van der Waals surface area (Å²) >= 11 is 1.60. The van der Waals surface area contributed by atoms with Gasteiger partial charge in [0.05, 0.1) is 18.7 Å². The molecule has 0 spiro atoms. The quantitative estimate of drug-likeness (QED) is 0.608. The van der Waals surface area contributed by atoms with Gasteiger partial charge < -0.3 is 14.1 Å². The molecule has 1 aliphatic heterocycles. The summed E-state index contributed by atoms with van der Waals surface area (Å²) in [6.07, 6.45) is 0. The molecule has 9 heteroatoms. The zero-order valence-electron chi connectivity index (χ0n) is 14.6. The van der Waals surface area contributed by atoms with Crippen molar-refractivity contribution in [1.82, 2.24) is 19.3 Å². The van der Waals surface area contributed by atoms with Crippen LogP contribution in [-0.2, 0) is 17.8 Å². The van der Waals surface area contributed by atoms with E-state index >= 15 is 0 Å². The molecule has 0 aliphatic carbocycles. The number of nitrogens with zero attached hydrogens (tertiary/aromatic N) is 5. The molecule has 0 unspecified atom stereocenters. The van der Waals surface area contributed by atoms with Gasteiger partial charge in [0.1, 0.15) is 0 Å². The van der Waals surface area contributed by atoms with Crippen LogP contribution in [0.1, 0.15) is 6.92 Å². The molecule has 1 aromatic carbocycles. The minimum Gasteiger partial charge on any atom is -0.408 e. The van der Waals surface area contributed by atoms with E-state index < -0.39 is 0 Å². The van der Waals surface area contributed by atoms with Gasteiger partial charge in [-0.05, 0) is 19.1 Å². The lowest BCUT2D eigenvalue weighted by molar-refractivity contribution is 0.121. The molecule has 1 aliphatic rings. The van der Waals surface area contributed by atoms with Crippen LogP contribution in [0.3, 0.4) is 0 Å². The van der Waals surface area contributed by atoms with Crippen molar-refractivity contribution in [2.45, 2.75) is 25.2 Å². The Labute approximate surface area is 154 Å². The number of rotatable bonds is 6. The molecular weight excluding hydrogens is 354 g/mol. The molecule has 0 amide bonds. The first-order valence-electron chi connectivity index (χ1n) is 8.75. The van der Waals surface area contributed by atoms with Crippen LogP contribution in [0.5, 0.6) is 0 Å². The van der Waals surface area contributed by atoms with E-state index in [1.165, 1.54) is 0 Å². The Balaban J connectivity index is 1.47. The summed E-state index contributed by atoms with van der Waals surface area (Å²) in [4.78, 5) is 14.3.